The quantitative estimate of drug-likeness (QED) is 0.808. The molecule has 2 rings (SSSR count). The molecule has 1 N–H and O–H groups in total. The van der Waals surface area contributed by atoms with Crippen LogP contribution in [-0.2, 0) is 0 Å². The van der Waals surface area contributed by atoms with Crippen LogP contribution in [0.4, 0.5) is 5.00 Å². The summed E-state index contributed by atoms with van der Waals surface area (Å²) in [5.74, 6) is 0. The third-order valence-electron chi connectivity index (χ3n) is 2.45. The Hall–Kier alpha value is -1.13. The summed E-state index contributed by atoms with van der Waals surface area (Å²) in [5, 5.41) is 5.88. The predicted molar refractivity (Wildman–Crippen MR) is 71.3 cm³/mol. The van der Waals surface area contributed by atoms with Gasteiger partial charge >= 0.3 is 0 Å². The molecule has 1 aromatic heterocycles. The van der Waals surface area contributed by atoms with E-state index in [-0.39, 0.29) is 0 Å². The highest BCUT2D eigenvalue weighted by Gasteiger charge is 2.03. The van der Waals surface area contributed by atoms with E-state index in [9.17, 15) is 0 Å². The fourth-order valence-corrected chi connectivity index (χ4v) is 2.40. The third-order valence-corrected chi connectivity index (χ3v) is 3.29. The Morgan fingerprint density at radius 2 is 2.12 bits per heavy atom. The fraction of sp³-hybridized carbons (Fsp3) is 0.417. The normalized spacial score (nSPS) is 11.2. The lowest BCUT2D eigenvalue weighted by atomic mass is 10.2. The predicted octanol–water partition coefficient (Wildman–Crippen LogP) is 2.66. The van der Waals surface area contributed by atoms with Gasteiger partial charge in [0.15, 0.2) is 0 Å². The van der Waals surface area contributed by atoms with E-state index >= 15 is 0 Å². The molecule has 3 nitrogen and oxygen atoms in total. The molecule has 0 radical (unpaired) electrons. The lowest BCUT2D eigenvalue weighted by molar-refractivity contribution is 0.405. The molecule has 0 spiro atoms. The van der Waals surface area contributed by atoms with Crippen molar-refractivity contribution >= 4 is 27.4 Å². The van der Waals surface area contributed by atoms with Crippen LogP contribution in [0.5, 0.6) is 0 Å². The number of fused-ring (bicyclic) bond motifs is 1. The van der Waals surface area contributed by atoms with Gasteiger partial charge in [-0.05, 0) is 50.7 Å². The van der Waals surface area contributed by atoms with E-state index in [1.54, 1.807) is 11.5 Å². The van der Waals surface area contributed by atoms with Crippen LogP contribution in [0.25, 0.3) is 10.9 Å². The molecule has 0 aliphatic rings. The summed E-state index contributed by atoms with van der Waals surface area (Å²) < 4.78 is 4.40. The van der Waals surface area contributed by atoms with Crippen LogP contribution >= 0.6 is 11.5 Å². The topological polar surface area (TPSA) is 28.2 Å². The second-order valence-electron chi connectivity index (χ2n) is 4.11. The zero-order valence-corrected chi connectivity index (χ0v) is 10.5. The zero-order chi connectivity index (χ0) is 11.4. The molecule has 0 atom stereocenters. The van der Waals surface area contributed by atoms with Gasteiger partial charge in [-0.1, -0.05) is 12.1 Å². The Morgan fingerprint density at radius 3 is 2.94 bits per heavy atom. The molecule has 0 saturated heterocycles. The molecule has 0 bridgehead atoms. The van der Waals surface area contributed by atoms with Crippen molar-refractivity contribution in [2.24, 2.45) is 0 Å². The molecule has 0 saturated carbocycles. The van der Waals surface area contributed by atoms with Crippen molar-refractivity contribution in [3.63, 3.8) is 0 Å². The number of benzene rings is 1. The number of rotatable bonds is 5. The van der Waals surface area contributed by atoms with Crippen molar-refractivity contribution in [1.29, 1.82) is 0 Å². The molecule has 0 unspecified atom stereocenters. The average molecular weight is 235 g/mol. The van der Waals surface area contributed by atoms with Crippen molar-refractivity contribution in [2.45, 2.75) is 6.42 Å². The first-order valence-corrected chi connectivity index (χ1v) is 6.28. The molecular weight excluding hydrogens is 218 g/mol. The smallest absolute Gasteiger partial charge is 0.117 e. The number of nitrogens with zero attached hydrogens (tertiary/aromatic N) is 2. The van der Waals surface area contributed by atoms with Gasteiger partial charge in [-0.3, -0.25) is 0 Å². The maximum absolute atomic E-state index is 4.40. The summed E-state index contributed by atoms with van der Waals surface area (Å²) >= 11 is 1.55. The van der Waals surface area contributed by atoms with Crippen LogP contribution < -0.4 is 5.32 Å². The van der Waals surface area contributed by atoms with Gasteiger partial charge in [0, 0.05) is 11.9 Å². The molecular formula is C12H17N3S. The van der Waals surface area contributed by atoms with E-state index in [0.29, 0.717) is 0 Å². The van der Waals surface area contributed by atoms with Crippen molar-refractivity contribution in [2.75, 3.05) is 32.5 Å². The summed E-state index contributed by atoms with van der Waals surface area (Å²) in [7, 11) is 4.20. The van der Waals surface area contributed by atoms with Crippen LogP contribution in [0.1, 0.15) is 6.42 Å². The minimum atomic E-state index is 1.00. The Labute approximate surface area is 100 Å². The van der Waals surface area contributed by atoms with Gasteiger partial charge in [0.1, 0.15) is 5.00 Å². The van der Waals surface area contributed by atoms with Gasteiger partial charge < -0.3 is 10.2 Å². The average Bonchev–Trinajstić information content (AvgIpc) is 2.68. The number of anilines is 1. The number of hydrogen-bond donors (Lipinski definition) is 1. The van der Waals surface area contributed by atoms with Gasteiger partial charge in [0.05, 0.1) is 5.52 Å². The maximum Gasteiger partial charge on any atom is 0.117 e. The van der Waals surface area contributed by atoms with Gasteiger partial charge in [-0.15, -0.1) is 0 Å². The van der Waals surface area contributed by atoms with E-state index in [1.807, 2.05) is 6.07 Å². The first-order valence-electron chi connectivity index (χ1n) is 5.50. The first-order chi connectivity index (χ1) is 7.77. The number of nitrogens with one attached hydrogen (secondary N) is 1. The second kappa shape index (κ2) is 5.27. The van der Waals surface area contributed by atoms with E-state index in [2.05, 4.69) is 46.9 Å². The van der Waals surface area contributed by atoms with Crippen molar-refractivity contribution in [3.8, 4) is 0 Å². The molecule has 1 aromatic carbocycles. The number of aromatic nitrogens is 1. The third kappa shape index (κ3) is 2.71. The van der Waals surface area contributed by atoms with Crippen molar-refractivity contribution < 1.29 is 0 Å². The molecule has 1 heterocycles. The van der Waals surface area contributed by atoms with Crippen LogP contribution in [0.3, 0.4) is 0 Å². The molecule has 86 valence electrons. The molecule has 0 amide bonds. The first kappa shape index (κ1) is 11.4. The molecule has 0 fully saturated rings. The highest BCUT2D eigenvalue weighted by atomic mass is 32.1. The van der Waals surface area contributed by atoms with Crippen molar-refractivity contribution in [3.05, 3.63) is 24.3 Å². The Bertz CT molecular complexity index is 450. The second-order valence-corrected chi connectivity index (χ2v) is 4.89. The molecule has 0 aliphatic carbocycles. The SMILES string of the molecule is CN(C)CCCNc1snc2ccccc12. The Balaban J connectivity index is 1.94. The van der Waals surface area contributed by atoms with Crippen LogP contribution in [0, 0.1) is 0 Å². The van der Waals surface area contributed by atoms with E-state index in [0.717, 1.165) is 25.0 Å². The van der Waals surface area contributed by atoms with E-state index < -0.39 is 0 Å². The highest BCUT2D eigenvalue weighted by Crippen LogP contribution is 2.26. The molecule has 2 aromatic rings. The lowest BCUT2D eigenvalue weighted by Gasteiger charge is -2.09. The molecule has 0 aliphatic heterocycles. The van der Waals surface area contributed by atoms with Crippen molar-refractivity contribution in [1.82, 2.24) is 9.27 Å². The van der Waals surface area contributed by atoms with Crippen LogP contribution in [0.2, 0.25) is 0 Å². The highest BCUT2D eigenvalue weighted by molar-refractivity contribution is 7.11. The Kier molecular flexibility index (Phi) is 3.74. The standard InChI is InChI=1S/C12H17N3S/c1-15(2)9-5-8-13-12-10-6-3-4-7-11(10)14-16-12/h3-4,6-7,13H,5,8-9H2,1-2H3. The summed E-state index contributed by atoms with van der Waals surface area (Å²) in [4.78, 5) is 2.20. The summed E-state index contributed by atoms with van der Waals surface area (Å²) in [6, 6.07) is 8.25. The lowest BCUT2D eigenvalue weighted by Crippen LogP contribution is -2.16. The minimum Gasteiger partial charge on any atom is -0.375 e. The van der Waals surface area contributed by atoms with E-state index in [1.165, 1.54) is 10.4 Å². The van der Waals surface area contributed by atoms with Gasteiger partial charge in [0.2, 0.25) is 0 Å². The maximum atomic E-state index is 4.40. The monoisotopic (exact) mass is 235 g/mol. The molecule has 4 heteroatoms. The van der Waals surface area contributed by atoms with Crippen LogP contribution in [0.15, 0.2) is 24.3 Å². The largest absolute Gasteiger partial charge is 0.375 e. The summed E-state index contributed by atoms with van der Waals surface area (Å²) in [6.07, 6.45) is 1.15. The van der Waals surface area contributed by atoms with Gasteiger partial charge in [-0.25, -0.2) is 0 Å². The summed E-state index contributed by atoms with van der Waals surface area (Å²) in [5.41, 5.74) is 1.09. The van der Waals surface area contributed by atoms with Crippen LogP contribution in [-0.4, -0.2) is 36.5 Å². The fourth-order valence-electron chi connectivity index (χ4n) is 1.61. The number of hydrogen-bond acceptors (Lipinski definition) is 4. The minimum absolute atomic E-state index is 1.00. The zero-order valence-electron chi connectivity index (χ0n) is 9.73. The van der Waals surface area contributed by atoms with E-state index in [4.69, 9.17) is 0 Å². The molecule has 16 heavy (non-hydrogen) atoms. The Morgan fingerprint density at radius 1 is 1.31 bits per heavy atom. The summed E-state index contributed by atoms with van der Waals surface area (Å²) in [6.45, 7) is 2.12. The van der Waals surface area contributed by atoms with Gasteiger partial charge in [-0.2, -0.15) is 4.37 Å². The van der Waals surface area contributed by atoms with Gasteiger partial charge in [0.25, 0.3) is 0 Å².